The van der Waals surface area contributed by atoms with Crippen LogP contribution in [0.4, 0.5) is 0 Å². The minimum atomic E-state index is -0.570. The normalized spacial score (nSPS) is 59.2. The molecule has 2 aliphatic heterocycles. The van der Waals surface area contributed by atoms with Crippen molar-refractivity contribution in [1.82, 2.24) is 4.90 Å². The monoisotopic (exact) mass is 429 g/mol. The third-order valence-electron chi connectivity index (χ3n) is 11.8. The molecule has 31 heavy (non-hydrogen) atoms. The largest absolute Gasteiger partial charge is 0.393 e. The van der Waals surface area contributed by atoms with Crippen LogP contribution in [-0.2, 0) is 4.79 Å². The molecule has 174 valence electrons. The van der Waals surface area contributed by atoms with Gasteiger partial charge in [-0.05, 0) is 105 Å². The van der Waals surface area contributed by atoms with Crippen LogP contribution in [0.25, 0.3) is 0 Å². The number of nitrogens with zero attached hydrogens (tertiary/aromatic N) is 1. The number of ketones is 1. The van der Waals surface area contributed by atoms with E-state index in [2.05, 4.69) is 25.7 Å². The maximum atomic E-state index is 13.2. The van der Waals surface area contributed by atoms with Crippen LogP contribution in [0.15, 0.2) is 0 Å². The van der Waals surface area contributed by atoms with Crippen molar-refractivity contribution in [3.05, 3.63) is 0 Å². The fourth-order valence-electron chi connectivity index (χ4n) is 10.4. The van der Waals surface area contributed by atoms with Gasteiger partial charge < -0.3 is 10.2 Å². The Labute approximate surface area is 188 Å². The summed E-state index contributed by atoms with van der Waals surface area (Å²) >= 11 is 0. The van der Waals surface area contributed by atoms with Gasteiger partial charge in [0, 0.05) is 31.5 Å². The van der Waals surface area contributed by atoms with Crippen LogP contribution in [-0.4, -0.2) is 51.7 Å². The predicted octanol–water partition coefficient (Wildman–Crippen LogP) is 3.89. The first-order valence-corrected chi connectivity index (χ1v) is 13.4. The van der Waals surface area contributed by atoms with Crippen molar-refractivity contribution in [1.29, 1.82) is 0 Å². The maximum absolute atomic E-state index is 13.2. The Morgan fingerprint density at radius 1 is 0.903 bits per heavy atom. The molecule has 2 saturated heterocycles. The van der Waals surface area contributed by atoms with Gasteiger partial charge in [0.1, 0.15) is 5.78 Å². The number of hydrogen-bond donors (Lipinski definition) is 2. The molecule has 0 spiro atoms. The van der Waals surface area contributed by atoms with Crippen LogP contribution < -0.4 is 0 Å². The molecule has 4 saturated carbocycles. The van der Waals surface area contributed by atoms with Crippen molar-refractivity contribution in [3.63, 3.8) is 0 Å². The van der Waals surface area contributed by atoms with E-state index in [1.807, 2.05) is 0 Å². The molecule has 4 nitrogen and oxygen atoms in total. The number of carbonyl (C=O) groups excluding carboxylic acids is 1. The van der Waals surface area contributed by atoms with E-state index < -0.39 is 5.60 Å². The van der Waals surface area contributed by atoms with Gasteiger partial charge in [-0.2, -0.15) is 0 Å². The van der Waals surface area contributed by atoms with E-state index in [0.717, 1.165) is 44.6 Å². The molecule has 6 fully saturated rings. The van der Waals surface area contributed by atoms with Crippen molar-refractivity contribution in [2.24, 2.45) is 52.8 Å². The van der Waals surface area contributed by atoms with Crippen molar-refractivity contribution in [2.75, 3.05) is 13.1 Å². The zero-order chi connectivity index (χ0) is 21.7. The zero-order valence-corrected chi connectivity index (χ0v) is 19.8. The molecule has 0 amide bonds. The van der Waals surface area contributed by atoms with Crippen LogP contribution in [0.5, 0.6) is 0 Å². The summed E-state index contributed by atoms with van der Waals surface area (Å²) in [5, 5.41) is 22.1. The van der Waals surface area contributed by atoms with Gasteiger partial charge in [-0.15, -0.1) is 0 Å². The molecule has 4 heteroatoms. The molecule has 4 aliphatic carbocycles. The first-order chi connectivity index (χ1) is 14.7. The first-order valence-electron chi connectivity index (χ1n) is 13.4. The fraction of sp³-hybridized carbons (Fsp3) is 0.963. The topological polar surface area (TPSA) is 60.8 Å². The summed E-state index contributed by atoms with van der Waals surface area (Å²) in [6.45, 7) is 9.23. The van der Waals surface area contributed by atoms with Gasteiger partial charge in [-0.25, -0.2) is 0 Å². The van der Waals surface area contributed by atoms with E-state index in [1.165, 1.54) is 25.8 Å². The smallest absolute Gasteiger partial charge is 0.136 e. The van der Waals surface area contributed by atoms with Crippen LogP contribution in [0.1, 0.15) is 78.6 Å². The molecule has 0 radical (unpaired) electrons. The molecule has 0 aromatic heterocycles. The van der Waals surface area contributed by atoms with Gasteiger partial charge in [-0.3, -0.25) is 9.69 Å². The highest BCUT2D eigenvalue weighted by molar-refractivity contribution is 5.83. The van der Waals surface area contributed by atoms with E-state index in [0.29, 0.717) is 53.8 Å². The molecule has 2 N–H and O–H groups in total. The average molecular weight is 430 g/mol. The second-order valence-electron chi connectivity index (χ2n) is 13.2. The van der Waals surface area contributed by atoms with E-state index in [-0.39, 0.29) is 17.4 Å². The summed E-state index contributed by atoms with van der Waals surface area (Å²) in [5.74, 6) is 4.82. The lowest BCUT2D eigenvalue weighted by molar-refractivity contribution is -0.175. The summed E-state index contributed by atoms with van der Waals surface area (Å²) in [5.41, 5.74) is -0.482. The van der Waals surface area contributed by atoms with Crippen molar-refractivity contribution in [3.8, 4) is 0 Å². The number of carbonyl (C=O) groups is 1. The van der Waals surface area contributed by atoms with Gasteiger partial charge in [-0.1, -0.05) is 13.8 Å². The number of piperidine rings is 2. The highest BCUT2D eigenvalue weighted by atomic mass is 16.3. The van der Waals surface area contributed by atoms with Crippen LogP contribution >= 0.6 is 0 Å². The number of Topliss-reactive ketones (excluding diaryl/α,β-unsaturated/α-hetero) is 1. The number of aliphatic hydroxyl groups is 2. The van der Waals surface area contributed by atoms with Crippen LogP contribution in [0.2, 0.25) is 0 Å². The molecular weight excluding hydrogens is 386 g/mol. The Hall–Kier alpha value is -0.450. The summed E-state index contributed by atoms with van der Waals surface area (Å²) < 4.78 is 0. The van der Waals surface area contributed by atoms with Crippen molar-refractivity contribution in [2.45, 2.75) is 96.3 Å². The van der Waals surface area contributed by atoms with Gasteiger partial charge in [0.25, 0.3) is 0 Å². The second-order valence-corrected chi connectivity index (χ2v) is 13.2. The molecule has 6 rings (SSSR count). The standard InChI is InChI=1S/C27H43NO3/c1-15-4-7-25-27(3,31)21-6-5-17-18(20(21)14-28(25)13-15)11-22-19(17)12-24(30)23-10-16(29)8-9-26(22,23)2/h15-23,25,29,31H,4-14H2,1-3H3/t15-,16-,17+,18+,19-,20+,21+,22+,23+,25-,26+,27-/m0/s1. The second kappa shape index (κ2) is 7.03. The molecule has 0 aromatic carbocycles. The van der Waals surface area contributed by atoms with Gasteiger partial charge in [0.05, 0.1) is 11.7 Å². The number of hydrogen-bond acceptors (Lipinski definition) is 4. The van der Waals surface area contributed by atoms with Gasteiger partial charge >= 0.3 is 0 Å². The molecule has 12 atom stereocenters. The van der Waals surface area contributed by atoms with E-state index in [9.17, 15) is 15.0 Å². The Morgan fingerprint density at radius 2 is 1.71 bits per heavy atom. The van der Waals surface area contributed by atoms with Gasteiger partial charge in [0.2, 0.25) is 0 Å². The molecule has 0 bridgehead atoms. The average Bonchev–Trinajstić information content (AvgIpc) is 3.09. The van der Waals surface area contributed by atoms with E-state index in [1.54, 1.807) is 0 Å². The van der Waals surface area contributed by atoms with Gasteiger partial charge in [0.15, 0.2) is 0 Å². The minimum Gasteiger partial charge on any atom is -0.393 e. The Bertz CT molecular complexity index is 751. The lowest BCUT2D eigenvalue weighted by atomic mass is 9.51. The maximum Gasteiger partial charge on any atom is 0.136 e. The summed E-state index contributed by atoms with van der Waals surface area (Å²) in [6, 6.07) is 0.341. The van der Waals surface area contributed by atoms with E-state index in [4.69, 9.17) is 0 Å². The lowest BCUT2D eigenvalue weighted by Gasteiger charge is -2.59. The highest BCUT2D eigenvalue weighted by Gasteiger charge is 2.64. The summed E-state index contributed by atoms with van der Waals surface area (Å²) in [7, 11) is 0. The third-order valence-corrected chi connectivity index (χ3v) is 11.8. The van der Waals surface area contributed by atoms with Crippen molar-refractivity contribution < 1.29 is 15.0 Å². The Kier molecular flexibility index (Phi) is 4.78. The molecule has 0 unspecified atom stereocenters. The summed E-state index contributed by atoms with van der Waals surface area (Å²) in [6.07, 6.45) is 9.08. The SMILES string of the molecule is C[C@H]1CC[C@@H]2N(C1)C[C@@H]1[C@@H]3C[C@@H]4[C@@H](CC(=O)[C@H]5C[C@@H](O)CC[C@@]54C)[C@@H]3CC[C@H]1[C@]2(C)O. The summed E-state index contributed by atoms with van der Waals surface area (Å²) in [4.78, 5) is 15.9. The lowest BCUT2D eigenvalue weighted by Crippen LogP contribution is -2.67. The zero-order valence-electron chi connectivity index (χ0n) is 19.8. The fourth-order valence-corrected chi connectivity index (χ4v) is 10.4. The van der Waals surface area contributed by atoms with Crippen molar-refractivity contribution >= 4 is 5.78 Å². The molecule has 0 aromatic rings. The third kappa shape index (κ3) is 2.93. The Balaban J connectivity index is 1.31. The highest BCUT2D eigenvalue weighted by Crippen LogP contribution is 2.66. The number of rotatable bonds is 0. The number of aliphatic hydroxyl groups excluding tert-OH is 1. The molecule has 6 aliphatic rings. The molecular formula is C27H43NO3. The Morgan fingerprint density at radius 3 is 2.52 bits per heavy atom. The van der Waals surface area contributed by atoms with Crippen LogP contribution in [0, 0.1) is 52.8 Å². The predicted molar refractivity (Wildman–Crippen MR) is 120 cm³/mol. The van der Waals surface area contributed by atoms with Crippen LogP contribution in [0.3, 0.4) is 0 Å². The number of fused-ring (bicyclic) bond motifs is 8. The first kappa shape index (κ1) is 21.1. The van der Waals surface area contributed by atoms with E-state index >= 15 is 0 Å². The minimum absolute atomic E-state index is 0.0789. The molecule has 2 heterocycles. The quantitative estimate of drug-likeness (QED) is 0.613.